The smallest absolute Gasteiger partial charge is 0.118 e. The average Bonchev–Trinajstić information content (AvgIpc) is 2.88. The van der Waals surface area contributed by atoms with Gasteiger partial charge in [-0.1, -0.05) is 36.2 Å². The highest BCUT2D eigenvalue weighted by Crippen LogP contribution is 2.38. The van der Waals surface area contributed by atoms with Gasteiger partial charge in [0.2, 0.25) is 0 Å². The summed E-state index contributed by atoms with van der Waals surface area (Å²) in [6, 6.07) is 7.51. The molecule has 2 rings (SSSR count). The Hall–Kier alpha value is -1.29. The highest BCUT2D eigenvalue weighted by molar-refractivity contribution is 7.84. The Labute approximate surface area is 122 Å². The predicted molar refractivity (Wildman–Crippen MR) is 84.0 cm³/mol. The lowest BCUT2D eigenvalue weighted by atomic mass is 9.97. The number of unbranched alkanes of at least 4 members (excludes halogenated alkanes) is 1. The van der Waals surface area contributed by atoms with Crippen LogP contribution in [0.4, 0.5) is 0 Å². The van der Waals surface area contributed by atoms with E-state index in [0.717, 1.165) is 48.1 Å². The van der Waals surface area contributed by atoms with E-state index in [9.17, 15) is 9.12 Å². The van der Waals surface area contributed by atoms with Gasteiger partial charge >= 0.3 is 0 Å². The first kappa shape index (κ1) is 15.1. The van der Waals surface area contributed by atoms with E-state index >= 15 is 0 Å². The molecule has 0 N–H and O–H groups in total. The molecule has 20 heavy (non-hydrogen) atoms. The lowest BCUT2D eigenvalue weighted by molar-refractivity contribution is 0.687. The number of hydrogen-bond acceptors (Lipinski definition) is 3. The summed E-state index contributed by atoms with van der Waals surface area (Å²) in [5, 5.41) is 3.29. The van der Waals surface area contributed by atoms with Crippen molar-refractivity contribution in [2.45, 2.75) is 50.0 Å². The molecular weight excluding hydrogens is 270 g/mol. The SMILES string of the molecule is CCCCC1=C(c2ccc(S(C)=O)cc2)C(N=O)CC1. The molecule has 0 saturated carbocycles. The van der Waals surface area contributed by atoms with Crippen LogP contribution in [0.3, 0.4) is 0 Å². The van der Waals surface area contributed by atoms with Crippen LogP contribution in [0.2, 0.25) is 0 Å². The minimum atomic E-state index is -0.964. The van der Waals surface area contributed by atoms with Crippen molar-refractivity contribution in [1.82, 2.24) is 0 Å². The standard InChI is InChI=1S/C16H21NO2S/c1-3-4-5-12-8-11-15(17-18)16(12)13-6-9-14(10-7-13)20(2)19/h6-7,9-10,15H,3-5,8,11H2,1-2H3. The Bertz CT molecular complexity index is 534. The van der Waals surface area contributed by atoms with Crippen molar-refractivity contribution in [1.29, 1.82) is 0 Å². The van der Waals surface area contributed by atoms with Gasteiger partial charge in [0.25, 0.3) is 0 Å². The summed E-state index contributed by atoms with van der Waals surface area (Å²) in [4.78, 5) is 11.9. The van der Waals surface area contributed by atoms with E-state index in [2.05, 4.69) is 12.1 Å². The third-order valence-corrected chi connectivity index (χ3v) is 4.83. The van der Waals surface area contributed by atoms with Gasteiger partial charge in [-0.15, -0.1) is 0 Å². The minimum absolute atomic E-state index is 0.208. The van der Waals surface area contributed by atoms with Crippen LogP contribution in [0.15, 0.2) is 39.9 Å². The fraction of sp³-hybridized carbons (Fsp3) is 0.500. The van der Waals surface area contributed by atoms with Crippen LogP contribution in [-0.4, -0.2) is 16.5 Å². The van der Waals surface area contributed by atoms with Crippen molar-refractivity contribution in [2.24, 2.45) is 5.18 Å². The molecule has 1 aliphatic carbocycles. The maximum absolute atomic E-state index is 11.4. The molecule has 1 aromatic carbocycles. The second-order valence-corrected chi connectivity index (χ2v) is 6.64. The third kappa shape index (κ3) is 3.23. The summed E-state index contributed by atoms with van der Waals surface area (Å²) in [6.07, 6.45) is 6.85. The number of hydrogen-bond donors (Lipinski definition) is 0. The molecule has 0 aromatic heterocycles. The molecule has 1 aromatic rings. The first-order chi connectivity index (χ1) is 9.67. The average molecular weight is 291 g/mol. The van der Waals surface area contributed by atoms with Crippen LogP contribution in [0.5, 0.6) is 0 Å². The van der Waals surface area contributed by atoms with Crippen LogP contribution in [0.25, 0.3) is 5.57 Å². The predicted octanol–water partition coefficient (Wildman–Crippen LogP) is 4.30. The summed E-state index contributed by atoms with van der Waals surface area (Å²) in [5.74, 6) is 0. The molecule has 0 fully saturated rings. The van der Waals surface area contributed by atoms with Crippen molar-refractivity contribution in [3.63, 3.8) is 0 Å². The molecule has 0 heterocycles. The highest BCUT2D eigenvalue weighted by atomic mass is 32.2. The summed E-state index contributed by atoms with van der Waals surface area (Å²) in [7, 11) is -0.964. The van der Waals surface area contributed by atoms with Gasteiger partial charge in [0.05, 0.1) is 0 Å². The summed E-state index contributed by atoms with van der Waals surface area (Å²) < 4.78 is 11.4. The van der Waals surface area contributed by atoms with Crippen LogP contribution >= 0.6 is 0 Å². The number of nitroso groups, excluding NO2 is 1. The first-order valence-corrected chi connectivity index (χ1v) is 8.71. The maximum Gasteiger partial charge on any atom is 0.118 e. The maximum atomic E-state index is 11.4. The van der Waals surface area contributed by atoms with E-state index in [1.807, 2.05) is 24.3 Å². The van der Waals surface area contributed by atoms with Crippen LogP contribution < -0.4 is 0 Å². The summed E-state index contributed by atoms with van der Waals surface area (Å²) in [6.45, 7) is 2.18. The molecule has 3 nitrogen and oxygen atoms in total. The number of rotatable bonds is 6. The third-order valence-electron chi connectivity index (χ3n) is 3.89. The molecule has 0 bridgehead atoms. The molecule has 1 aliphatic rings. The molecule has 108 valence electrons. The number of allylic oxidation sites excluding steroid dienone is 1. The molecular formula is C16H21NO2S. The van der Waals surface area contributed by atoms with Gasteiger partial charge in [-0.05, 0) is 49.0 Å². The Balaban J connectivity index is 2.33. The van der Waals surface area contributed by atoms with E-state index in [4.69, 9.17) is 0 Å². The van der Waals surface area contributed by atoms with Gasteiger partial charge in [-0.3, -0.25) is 4.21 Å². The fourth-order valence-electron chi connectivity index (χ4n) is 2.80. The van der Waals surface area contributed by atoms with Gasteiger partial charge in [0.1, 0.15) is 6.04 Å². The first-order valence-electron chi connectivity index (χ1n) is 7.15. The molecule has 2 atom stereocenters. The van der Waals surface area contributed by atoms with Crippen LogP contribution in [0.1, 0.15) is 44.6 Å². The van der Waals surface area contributed by atoms with Crippen LogP contribution in [0, 0.1) is 4.91 Å². The van der Waals surface area contributed by atoms with Crippen LogP contribution in [-0.2, 0) is 10.8 Å². The summed E-state index contributed by atoms with van der Waals surface area (Å²) in [5.41, 5.74) is 3.55. The van der Waals surface area contributed by atoms with Crippen molar-refractivity contribution >= 4 is 16.4 Å². The Morgan fingerprint density at radius 2 is 2.00 bits per heavy atom. The highest BCUT2D eigenvalue weighted by Gasteiger charge is 2.27. The van der Waals surface area contributed by atoms with Gasteiger partial charge in [0.15, 0.2) is 0 Å². The second-order valence-electron chi connectivity index (χ2n) is 5.26. The Morgan fingerprint density at radius 1 is 1.30 bits per heavy atom. The monoisotopic (exact) mass is 291 g/mol. The minimum Gasteiger partial charge on any atom is -0.255 e. The zero-order chi connectivity index (χ0) is 14.5. The molecule has 0 radical (unpaired) electrons. The Morgan fingerprint density at radius 3 is 2.55 bits per heavy atom. The number of benzene rings is 1. The van der Waals surface area contributed by atoms with E-state index in [1.54, 1.807) is 6.26 Å². The van der Waals surface area contributed by atoms with Gasteiger partial charge in [-0.25, -0.2) is 0 Å². The molecule has 0 spiro atoms. The van der Waals surface area contributed by atoms with Crippen molar-refractivity contribution in [3.05, 3.63) is 40.3 Å². The quantitative estimate of drug-likeness (QED) is 0.734. The Kier molecular flexibility index (Phi) is 5.24. The van der Waals surface area contributed by atoms with Crippen molar-refractivity contribution < 1.29 is 4.21 Å². The molecule has 0 amide bonds. The van der Waals surface area contributed by atoms with Crippen molar-refractivity contribution in [3.8, 4) is 0 Å². The van der Waals surface area contributed by atoms with Gasteiger partial charge < -0.3 is 0 Å². The molecule has 0 saturated heterocycles. The van der Waals surface area contributed by atoms with Crippen molar-refractivity contribution in [2.75, 3.05) is 6.26 Å². The normalized spacial score (nSPS) is 20.2. The number of nitrogens with zero attached hydrogens (tertiary/aromatic N) is 1. The lowest BCUT2D eigenvalue weighted by Crippen LogP contribution is -2.02. The lowest BCUT2D eigenvalue weighted by Gasteiger charge is -2.11. The van der Waals surface area contributed by atoms with E-state index < -0.39 is 10.8 Å². The van der Waals surface area contributed by atoms with E-state index in [0.29, 0.717) is 0 Å². The van der Waals surface area contributed by atoms with Gasteiger partial charge in [0, 0.05) is 22.0 Å². The summed E-state index contributed by atoms with van der Waals surface area (Å²) >= 11 is 0. The molecule has 4 heteroatoms. The fourth-order valence-corrected chi connectivity index (χ4v) is 3.32. The largest absolute Gasteiger partial charge is 0.255 e. The molecule has 2 unspecified atom stereocenters. The topological polar surface area (TPSA) is 46.5 Å². The van der Waals surface area contributed by atoms with E-state index in [1.165, 1.54) is 5.57 Å². The molecule has 0 aliphatic heterocycles. The zero-order valence-electron chi connectivity index (χ0n) is 12.1. The zero-order valence-corrected chi connectivity index (χ0v) is 12.9. The van der Waals surface area contributed by atoms with Gasteiger partial charge in [-0.2, -0.15) is 4.91 Å². The van der Waals surface area contributed by atoms with E-state index in [-0.39, 0.29) is 6.04 Å². The second kappa shape index (κ2) is 6.93.